The Morgan fingerprint density at radius 2 is 2.05 bits per heavy atom. The first-order valence-electron chi connectivity index (χ1n) is 12.9. The van der Waals surface area contributed by atoms with Gasteiger partial charge in [0, 0.05) is 36.9 Å². The first-order valence-corrected chi connectivity index (χ1v) is 13.7. The molecule has 10 nitrogen and oxygen atoms in total. The van der Waals surface area contributed by atoms with Crippen molar-refractivity contribution in [1.82, 2.24) is 20.5 Å². The molecule has 2 unspecified atom stereocenters. The number of rotatable bonds is 11. The Morgan fingerprint density at radius 3 is 2.73 bits per heavy atom. The summed E-state index contributed by atoms with van der Waals surface area (Å²) in [6.45, 7) is 4.90. The van der Waals surface area contributed by atoms with Gasteiger partial charge in [-0.2, -0.15) is 13.2 Å². The first kappa shape index (κ1) is 31.3. The van der Waals surface area contributed by atoms with E-state index in [1.165, 1.54) is 24.5 Å². The zero-order valence-electron chi connectivity index (χ0n) is 22.5. The van der Waals surface area contributed by atoms with Gasteiger partial charge in [0.05, 0.1) is 24.1 Å². The number of benzene rings is 1. The standard InChI is InChI=1S/C26H34F3N5O5S/c1-4-25(38,20-13-31-23(40-20)33-24(37)39-3)10-8-16(2)34-11-9-19(15-34)32-21(35)14-30-22(36)17-6-5-7-18(12-17)26(27,28)29/h5-7,12-13,16,19,38H,4,8-11,14-15H2,1-3H3,(H,30,36)(H,32,35)(H,31,33,37)/t16?,19-,25?/m1/s1. The summed E-state index contributed by atoms with van der Waals surface area (Å²) in [5, 5.41) is 19.3. The zero-order chi connectivity index (χ0) is 29.5. The summed E-state index contributed by atoms with van der Waals surface area (Å²) in [5.41, 5.74) is -2.22. The Bertz CT molecular complexity index is 1190. The zero-order valence-corrected chi connectivity index (χ0v) is 23.3. The number of halogens is 3. The third kappa shape index (κ3) is 8.38. The Labute approximate surface area is 234 Å². The highest BCUT2D eigenvalue weighted by molar-refractivity contribution is 7.15. The SMILES string of the molecule is CCC(O)(CCC(C)N1CC[C@@H](NC(=O)CNC(=O)c2cccc(C(F)(F)F)c2)C1)c1cnc(NC(=O)OC)s1. The molecule has 0 radical (unpaired) electrons. The average molecular weight is 586 g/mol. The second kappa shape index (κ2) is 13.4. The van der Waals surface area contributed by atoms with Gasteiger partial charge < -0.3 is 20.5 Å². The van der Waals surface area contributed by atoms with Crippen LogP contribution in [0, 0.1) is 0 Å². The molecule has 4 N–H and O–H groups in total. The number of nitrogens with zero attached hydrogens (tertiary/aromatic N) is 2. The van der Waals surface area contributed by atoms with Crippen LogP contribution in [0.2, 0.25) is 0 Å². The maximum Gasteiger partial charge on any atom is 0.416 e. The van der Waals surface area contributed by atoms with Gasteiger partial charge in [-0.1, -0.05) is 24.3 Å². The maximum atomic E-state index is 12.9. The summed E-state index contributed by atoms with van der Waals surface area (Å²) in [5.74, 6) is -1.19. The number of carbonyl (C=O) groups is 3. The predicted molar refractivity (Wildman–Crippen MR) is 143 cm³/mol. The van der Waals surface area contributed by atoms with Crippen LogP contribution in [0.3, 0.4) is 0 Å². The number of hydrogen-bond acceptors (Lipinski definition) is 8. The molecule has 3 rings (SSSR count). The number of likely N-dealkylation sites (tertiary alicyclic amines) is 1. The summed E-state index contributed by atoms with van der Waals surface area (Å²) in [4.78, 5) is 43.0. The van der Waals surface area contributed by atoms with E-state index in [-0.39, 0.29) is 24.2 Å². The van der Waals surface area contributed by atoms with E-state index >= 15 is 0 Å². The summed E-state index contributed by atoms with van der Waals surface area (Å²) in [6.07, 6.45) is -1.34. The third-order valence-corrected chi connectivity index (χ3v) is 8.10. The smallest absolute Gasteiger partial charge is 0.416 e. The molecule has 0 spiro atoms. The molecule has 40 heavy (non-hydrogen) atoms. The first-order chi connectivity index (χ1) is 18.8. The summed E-state index contributed by atoms with van der Waals surface area (Å²) in [6, 6.07) is 3.99. The molecule has 1 aliphatic heterocycles. The molecule has 0 bridgehead atoms. The topological polar surface area (TPSA) is 133 Å². The molecular formula is C26H34F3N5O5S. The number of carbonyl (C=O) groups excluding carboxylic acids is 3. The molecule has 1 aliphatic rings. The lowest BCUT2D eigenvalue weighted by molar-refractivity contribution is -0.137. The largest absolute Gasteiger partial charge is 0.453 e. The van der Waals surface area contributed by atoms with Crippen LogP contribution in [0.25, 0.3) is 0 Å². The van der Waals surface area contributed by atoms with E-state index in [2.05, 4.69) is 30.6 Å². The fourth-order valence-electron chi connectivity index (χ4n) is 4.47. The molecule has 0 saturated carbocycles. The molecule has 2 heterocycles. The summed E-state index contributed by atoms with van der Waals surface area (Å²) in [7, 11) is 1.25. The van der Waals surface area contributed by atoms with Crippen molar-refractivity contribution in [3.63, 3.8) is 0 Å². The van der Waals surface area contributed by atoms with E-state index < -0.39 is 35.2 Å². The minimum atomic E-state index is -4.57. The number of thiazole rings is 1. The third-order valence-electron chi connectivity index (χ3n) is 6.99. The molecule has 2 aromatic rings. The Hall–Kier alpha value is -3.23. The highest BCUT2D eigenvalue weighted by atomic mass is 32.1. The van der Waals surface area contributed by atoms with Gasteiger partial charge in [-0.05, 0) is 50.8 Å². The predicted octanol–water partition coefficient (Wildman–Crippen LogP) is 3.73. The van der Waals surface area contributed by atoms with Crippen molar-refractivity contribution in [1.29, 1.82) is 0 Å². The van der Waals surface area contributed by atoms with Crippen LogP contribution in [-0.4, -0.2) is 71.7 Å². The van der Waals surface area contributed by atoms with Crippen LogP contribution in [0.15, 0.2) is 30.5 Å². The summed E-state index contributed by atoms with van der Waals surface area (Å²) < 4.78 is 43.2. The molecule has 1 fully saturated rings. The molecular weight excluding hydrogens is 551 g/mol. The van der Waals surface area contributed by atoms with E-state index in [1.807, 2.05) is 13.8 Å². The van der Waals surface area contributed by atoms with Crippen molar-refractivity contribution in [2.24, 2.45) is 0 Å². The van der Waals surface area contributed by atoms with Crippen LogP contribution < -0.4 is 16.0 Å². The highest BCUT2D eigenvalue weighted by Gasteiger charge is 2.33. The molecule has 1 aromatic heterocycles. The number of amides is 3. The Balaban J connectivity index is 1.44. The molecule has 1 aromatic carbocycles. The lowest BCUT2D eigenvalue weighted by atomic mass is 9.91. The average Bonchev–Trinajstić information content (AvgIpc) is 3.60. The number of alkyl halides is 3. The minimum Gasteiger partial charge on any atom is -0.453 e. The number of hydrogen-bond donors (Lipinski definition) is 4. The van der Waals surface area contributed by atoms with Gasteiger partial charge in [-0.15, -0.1) is 0 Å². The van der Waals surface area contributed by atoms with E-state index in [0.717, 1.165) is 24.7 Å². The second-order valence-electron chi connectivity index (χ2n) is 9.73. The van der Waals surface area contributed by atoms with Gasteiger partial charge in [-0.3, -0.25) is 19.8 Å². The van der Waals surface area contributed by atoms with Crippen molar-refractivity contribution < 1.29 is 37.4 Å². The lowest BCUT2D eigenvalue weighted by Crippen LogP contribution is -2.44. The van der Waals surface area contributed by atoms with Crippen molar-refractivity contribution in [2.45, 2.75) is 63.4 Å². The van der Waals surface area contributed by atoms with Crippen LogP contribution >= 0.6 is 11.3 Å². The lowest BCUT2D eigenvalue weighted by Gasteiger charge is -2.30. The number of nitrogens with one attached hydrogen (secondary N) is 3. The number of anilines is 1. The van der Waals surface area contributed by atoms with Gasteiger partial charge in [-0.25, -0.2) is 9.78 Å². The van der Waals surface area contributed by atoms with Gasteiger partial charge in [0.1, 0.15) is 5.60 Å². The van der Waals surface area contributed by atoms with E-state index in [4.69, 9.17) is 0 Å². The molecule has 220 valence electrons. The van der Waals surface area contributed by atoms with Gasteiger partial charge in [0.25, 0.3) is 5.91 Å². The minimum absolute atomic E-state index is 0.112. The molecule has 1 saturated heterocycles. The Kier molecular flexibility index (Phi) is 10.5. The summed E-state index contributed by atoms with van der Waals surface area (Å²) >= 11 is 1.19. The fourth-order valence-corrected chi connectivity index (χ4v) is 5.46. The van der Waals surface area contributed by atoms with Gasteiger partial charge >= 0.3 is 12.3 Å². The number of aromatic nitrogens is 1. The van der Waals surface area contributed by atoms with E-state index in [0.29, 0.717) is 42.2 Å². The molecule has 0 aliphatic carbocycles. The van der Waals surface area contributed by atoms with Crippen molar-refractivity contribution >= 4 is 34.4 Å². The van der Waals surface area contributed by atoms with Crippen LogP contribution in [0.4, 0.5) is 23.1 Å². The Morgan fingerprint density at radius 1 is 1.30 bits per heavy atom. The van der Waals surface area contributed by atoms with Crippen molar-refractivity contribution in [3.8, 4) is 0 Å². The van der Waals surface area contributed by atoms with Crippen molar-refractivity contribution in [2.75, 3.05) is 32.1 Å². The normalized spacial score (nSPS) is 18.0. The number of ether oxygens (including phenoxy) is 1. The number of aliphatic hydroxyl groups is 1. The monoisotopic (exact) mass is 585 g/mol. The van der Waals surface area contributed by atoms with E-state index in [9.17, 15) is 32.7 Å². The highest BCUT2D eigenvalue weighted by Crippen LogP contribution is 2.36. The molecule has 3 amide bonds. The second-order valence-corrected chi connectivity index (χ2v) is 10.8. The quantitative estimate of drug-likeness (QED) is 0.316. The number of methoxy groups -OCH3 is 1. The van der Waals surface area contributed by atoms with Crippen LogP contribution in [0.5, 0.6) is 0 Å². The van der Waals surface area contributed by atoms with Gasteiger partial charge in [0.15, 0.2) is 5.13 Å². The van der Waals surface area contributed by atoms with E-state index in [1.54, 1.807) is 6.20 Å². The van der Waals surface area contributed by atoms with Crippen molar-refractivity contribution in [3.05, 3.63) is 46.5 Å². The van der Waals surface area contributed by atoms with Crippen LogP contribution in [0.1, 0.15) is 60.3 Å². The van der Waals surface area contributed by atoms with Crippen LogP contribution in [-0.2, 0) is 21.3 Å². The maximum absolute atomic E-state index is 12.9. The fraction of sp³-hybridized carbons (Fsp3) is 0.538. The molecule has 3 atom stereocenters. The molecule has 14 heteroatoms. The van der Waals surface area contributed by atoms with Gasteiger partial charge in [0.2, 0.25) is 5.91 Å².